The van der Waals surface area contributed by atoms with Crippen LogP contribution in [0.5, 0.6) is 0 Å². The fourth-order valence-electron chi connectivity index (χ4n) is 4.73. The molecule has 1 aliphatic heterocycles. The standard InChI is InChI=1S/C31H32BN5O6/c1-3-37(4-2)24-15-14-22-16-26(31(40)42-28(22)17-24)30(39)36-34-19-25-20-41-32(43-25)27-13-9-8-12-23(27)18-33-35-29(38)21-10-6-5-7-11-21/h5-18,25,34H,3-4,19-20H2,1-2H3,(H,35,38)(H,36,39)/b33-18+. The smallest absolute Gasteiger partial charge is 0.422 e. The number of hydrazine groups is 1. The summed E-state index contributed by atoms with van der Waals surface area (Å²) in [7, 11) is -0.663. The van der Waals surface area contributed by atoms with Crippen molar-refractivity contribution in [2.75, 3.05) is 31.1 Å². The molecule has 0 saturated carbocycles. The molecule has 1 unspecified atom stereocenters. The summed E-state index contributed by atoms with van der Waals surface area (Å²) in [6, 6.07) is 23.3. The van der Waals surface area contributed by atoms with Crippen molar-refractivity contribution in [3.8, 4) is 0 Å². The molecule has 11 nitrogen and oxygen atoms in total. The van der Waals surface area contributed by atoms with E-state index < -0.39 is 18.7 Å². The lowest BCUT2D eigenvalue weighted by Gasteiger charge is -2.21. The normalized spacial score (nSPS) is 14.7. The SMILES string of the molecule is CCN(CC)c1ccc2cc(C(=O)NNCC3COB(c4ccccc4/C=N/NC(=O)c4ccccc4)O3)c(=O)oc2c1. The molecule has 1 saturated heterocycles. The van der Waals surface area contributed by atoms with Crippen molar-refractivity contribution >= 4 is 47.3 Å². The lowest BCUT2D eigenvalue weighted by Crippen LogP contribution is -2.44. The van der Waals surface area contributed by atoms with Crippen LogP contribution in [0.4, 0.5) is 5.69 Å². The van der Waals surface area contributed by atoms with Gasteiger partial charge in [0.2, 0.25) is 0 Å². The van der Waals surface area contributed by atoms with Crippen LogP contribution < -0.4 is 32.3 Å². The lowest BCUT2D eigenvalue weighted by atomic mass is 9.76. The van der Waals surface area contributed by atoms with Crippen LogP contribution in [0.15, 0.2) is 93.2 Å². The second-order valence-corrected chi connectivity index (χ2v) is 9.79. The van der Waals surface area contributed by atoms with E-state index in [2.05, 4.69) is 40.1 Å². The molecule has 5 rings (SSSR count). The first-order valence-electron chi connectivity index (χ1n) is 14.1. The van der Waals surface area contributed by atoms with Gasteiger partial charge in [0.25, 0.3) is 11.8 Å². The Labute approximate surface area is 249 Å². The van der Waals surface area contributed by atoms with Crippen LogP contribution >= 0.6 is 0 Å². The van der Waals surface area contributed by atoms with Crippen LogP contribution in [0.2, 0.25) is 0 Å². The molecule has 2 amide bonds. The number of benzene rings is 3. The number of anilines is 1. The topological polar surface area (TPSA) is 134 Å². The summed E-state index contributed by atoms with van der Waals surface area (Å²) in [6.45, 7) is 6.26. The summed E-state index contributed by atoms with van der Waals surface area (Å²) in [6.07, 6.45) is 1.16. The van der Waals surface area contributed by atoms with Gasteiger partial charge in [-0.15, -0.1) is 0 Å². The number of fused-ring (bicyclic) bond motifs is 1. The highest BCUT2D eigenvalue weighted by molar-refractivity contribution is 6.63. The van der Waals surface area contributed by atoms with Gasteiger partial charge in [0.1, 0.15) is 11.1 Å². The van der Waals surface area contributed by atoms with Gasteiger partial charge in [0.15, 0.2) is 0 Å². The van der Waals surface area contributed by atoms with E-state index in [1.165, 1.54) is 12.3 Å². The van der Waals surface area contributed by atoms with E-state index >= 15 is 0 Å². The minimum atomic E-state index is -0.720. The van der Waals surface area contributed by atoms with Gasteiger partial charge >= 0.3 is 12.7 Å². The van der Waals surface area contributed by atoms with Crippen molar-refractivity contribution in [2.24, 2.45) is 5.10 Å². The number of carbonyl (C=O) groups excluding carboxylic acids is 2. The summed E-state index contributed by atoms with van der Waals surface area (Å²) < 4.78 is 17.3. The lowest BCUT2D eigenvalue weighted by molar-refractivity contribution is 0.0919. The molecule has 0 aliphatic carbocycles. The molecule has 3 aromatic carbocycles. The second kappa shape index (κ2) is 13.9. The minimum absolute atomic E-state index is 0.107. The van der Waals surface area contributed by atoms with Gasteiger partial charge in [0, 0.05) is 42.3 Å². The Morgan fingerprint density at radius 2 is 1.77 bits per heavy atom. The Bertz CT molecular complexity index is 1670. The largest absolute Gasteiger partial charge is 0.494 e. The first-order chi connectivity index (χ1) is 21.0. The minimum Gasteiger partial charge on any atom is -0.422 e. The zero-order valence-electron chi connectivity index (χ0n) is 23.9. The zero-order chi connectivity index (χ0) is 30.2. The van der Waals surface area contributed by atoms with Crippen molar-refractivity contribution in [1.82, 2.24) is 16.3 Å². The number of carbonyl (C=O) groups is 2. The number of hydrogen-bond acceptors (Lipinski definition) is 9. The number of hydrazone groups is 1. The van der Waals surface area contributed by atoms with E-state index in [0.29, 0.717) is 16.5 Å². The van der Waals surface area contributed by atoms with Crippen LogP contribution in [-0.2, 0) is 9.31 Å². The van der Waals surface area contributed by atoms with Crippen LogP contribution in [0.3, 0.4) is 0 Å². The van der Waals surface area contributed by atoms with Crippen molar-refractivity contribution in [3.05, 3.63) is 106 Å². The molecule has 43 heavy (non-hydrogen) atoms. The molecule has 1 fully saturated rings. The molecule has 12 heteroatoms. The maximum absolute atomic E-state index is 12.8. The predicted molar refractivity (Wildman–Crippen MR) is 166 cm³/mol. The molecule has 4 aromatic rings. The first kappa shape index (κ1) is 29.7. The van der Waals surface area contributed by atoms with E-state index in [4.69, 9.17) is 13.7 Å². The molecule has 1 atom stereocenters. The van der Waals surface area contributed by atoms with Crippen LogP contribution in [0.1, 0.15) is 40.1 Å². The molecule has 220 valence electrons. The summed E-state index contributed by atoms with van der Waals surface area (Å²) in [5, 5.41) is 4.73. The van der Waals surface area contributed by atoms with Gasteiger partial charge in [-0.1, -0.05) is 42.5 Å². The Morgan fingerprint density at radius 3 is 2.56 bits per heavy atom. The van der Waals surface area contributed by atoms with Crippen molar-refractivity contribution in [2.45, 2.75) is 20.0 Å². The monoisotopic (exact) mass is 581 g/mol. The summed E-state index contributed by atoms with van der Waals surface area (Å²) in [5.74, 6) is -0.931. The maximum Gasteiger partial charge on any atom is 0.494 e. The molecule has 0 spiro atoms. The second-order valence-electron chi connectivity index (χ2n) is 9.79. The predicted octanol–water partition coefficient (Wildman–Crippen LogP) is 2.45. The van der Waals surface area contributed by atoms with Gasteiger partial charge in [-0.25, -0.2) is 15.6 Å². The number of rotatable bonds is 11. The van der Waals surface area contributed by atoms with Crippen LogP contribution in [-0.4, -0.2) is 57.5 Å². The van der Waals surface area contributed by atoms with Gasteiger partial charge in [-0.2, -0.15) is 5.10 Å². The summed E-state index contributed by atoms with van der Waals surface area (Å²) in [5.41, 5.74) is 10.4. The van der Waals surface area contributed by atoms with Crippen molar-refractivity contribution in [1.29, 1.82) is 0 Å². The number of hydrogen-bond donors (Lipinski definition) is 3. The Morgan fingerprint density at radius 1 is 1.00 bits per heavy atom. The van der Waals surface area contributed by atoms with Crippen LogP contribution in [0, 0.1) is 0 Å². The van der Waals surface area contributed by atoms with Gasteiger partial charge < -0.3 is 18.6 Å². The highest BCUT2D eigenvalue weighted by Crippen LogP contribution is 2.22. The van der Waals surface area contributed by atoms with Gasteiger partial charge in [-0.3, -0.25) is 15.0 Å². The van der Waals surface area contributed by atoms with Crippen molar-refractivity contribution in [3.63, 3.8) is 0 Å². The number of nitrogens with one attached hydrogen (secondary N) is 3. The van der Waals surface area contributed by atoms with Crippen LogP contribution in [0.25, 0.3) is 11.0 Å². The average molecular weight is 581 g/mol. The summed E-state index contributed by atoms with van der Waals surface area (Å²) in [4.78, 5) is 39.7. The Hall–Kier alpha value is -4.78. The Balaban J connectivity index is 1.15. The molecular formula is C31H32BN5O6. The fourth-order valence-corrected chi connectivity index (χ4v) is 4.73. The van der Waals surface area contributed by atoms with Crippen molar-refractivity contribution < 1.29 is 23.3 Å². The molecule has 0 bridgehead atoms. The Kier molecular flexibility index (Phi) is 9.62. The number of amides is 2. The third-order valence-electron chi connectivity index (χ3n) is 7.03. The maximum atomic E-state index is 12.8. The van der Waals surface area contributed by atoms with Gasteiger partial charge in [0.05, 0.1) is 18.9 Å². The van der Waals surface area contributed by atoms with E-state index in [0.717, 1.165) is 29.8 Å². The van der Waals surface area contributed by atoms with E-state index in [1.54, 1.807) is 24.3 Å². The first-order valence-corrected chi connectivity index (χ1v) is 14.1. The molecular weight excluding hydrogens is 549 g/mol. The average Bonchev–Trinajstić information content (AvgIpc) is 3.50. The zero-order valence-corrected chi connectivity index (χ0v) is 23.9. The molecule has 3 N–H and O–H groups in total. The highest BCUT2D eigenvalue weighted by atomic mass is 16.6. The molecule has 2 heterocycles. The number of nitrogens with zero attached hydrogens (tertiary/aromatic N) is 2. The molecule has 0 radical (unpaired) electrons. The molecule has 1 aliphatic rings. The fraction of sp³-hybridized carbons (Fsp3) is 0.226. The summed E-state index contributed by atoms with van der Waals surface area (Å²) >= 11 is 0. The third kappa shape index (κ3) is 7.18. The third-order valence-corrected chi connectivity index (χ3v) is 7.03. The van der Waals surface area contributed by atoms with E-state index in [9.17, 15) is 14.4 Å². The quantitative estimate of drug-likeness (QED) is 0.107. The molecule has 1 aromatic heterocycles. The van der Waals surface area contributed by atoms with E-state index in [1.807, 2.05) is 48.5 Å². The van der Waals surface area contributed by atoms with Gasteiger partial charge in [-0.05, 0) is 55.2 Å². The van der Waals surface area contributed by atoms with E-state index in [-0.39, 0.29) is 30.7 Å². The highest BCUT2D eigenvalue weighted by Gasteiger charge is 2.34.